The van der Waals surface area contributed by atoms with Gasteiger partial charge in [0.05, 0.1) is 18.7 Å². The molecule has 2 aromatic rings. The van der Waals surface area contributed by atoms with Gasteiger partial charge in [0.15, 0.2) is 23.8 Å². The maximum atomic E-state index is 12.2. The van der Waals surface area contributed by atoms with Crippen molar-refractivity contribution in [3.63, 3.8) is 0 Å². The predicted molar refractivity (Wildman–Crippen MR) is 107 cm³/mol. The van der Waals surface area contributed by atoms with Crippen LogP contribution in [-0.4, -0.2) is 38.2 Å². The van der Waals surface area contributed by atoms with E-state index in [2.05, 4.69) is 4.99 Å². The number of aliphatic imine (C=N–C) groups is 1. The smallest absolute Gasteiger partial charge is 0.363 e. The number of hydrogen-bond acceptors (Lipinski definition) is 7. The van der Waals surface area contributed by atoms with Crippen molar-refractivity contribution >= 4 is 35.5 Å². The Morgan fingerprint density at radius 2 is 2.00 bits per heavy atom. The first kappa shape index (κ1) is 20.4. The molecule has 0 radical (unpaired) electrons. The van der Waals surface area contributed by atoms with E-state index in [9.17, 15) is 9.59 Å². The fourth-order valence-corrected chi connectivity index (χ4v) is 2.84. The highest BCUT2D eigenvalue weighted by Gasteiger charge is 2.24. The van der Waals surface area contributed by atoms with Gasteiger partial charge in [0.25, 0.3) is 0 Å². The zero-order valence-corrected chi connectivity index (χ0v) is 16.6. The minimum absolute atomic E-state index is 0.127. The fraction of sp³-hybridized carbons (Fsp3) is 0.190. The van der Waals surface area contributed by atoms with Gasteiger partial charge in [0.1, 0.15) is 0 Å². The first-order chi connectivity index (χ1) is 14.0. The maximum absolute atomic E-state index is 12.2. The largest absolute Gasteiger partial charge is 0.493 e. The van der Waals surface area contributed by atoms with Gasteiger partial charge in [-0.05, 0) is 42.8 Å². The van der Waals surface area contributed by atoms with Crippen molar-refractivity contribution in [2.75, 3.05) is 20.3 Å². The highest BCUT2D eigenvalue weighted by Crippen LogP contribution is 2.37. The SMILES string of the molecule is CCOC(=O)COc1c(Cl)cc(/C=C2\N=C(c3ccccc3)OC2=O)cc1OC. The van der Waals surface area contributed by atoms with Crippen molar-refractivity contribution in [1.82, 2.24) is 0 Å². The van der Waals surface area contributed by atoms with E-state index in [1.807, 2.05) is 18.2 Å². The molecule has 3 rings (SSSR count). The van der Waals surface area contributed by atoms with Crippen LogP contribution in [0.2, 0.25) is 5.02 Å². The summed E-state index contributed by atoms with van der Waals surface area (Å²) in [5.74, 6) is -0.358. The number of ether oxygens (including phenoxy) is 4. The van der Waals surface area contributed by atoms with Crippen LogP contribution in [0, 0.1) is 0 Å². The summed E-state index contributed by atoms with van der Waals surface area (Å²) in [7, 11) is 1.44. The van der Waals surface area contributed by atoms with Crippen LogP contribution in [-0.2, 0) is 19.1 Å². The lowest BCUT2D eigenvalue weighted by Gasteiger charge is -2.12. The summed E-state index contributed by atoms with van der Waals surface area (Å²) in [5, 5.41) is 0.208. The number of esters is 2. The molecule has 0 saturated carbocycles. The van der Waals surface area contributed by atoms with Crippen LogP contribution < -0.4 is 9.47 Å². The molecule has 0 unspecified atom stereocenters. The summed E-state index contributed by atoms with van der Waals surface area (Å²) in [5.41, 5.74) is 1.38. The Labute approximate surface area is 172 Å². The Balaban J connectivity index is 1.86. The molecule has 0 spiro atoms. The Bertz CT molecular complexity index is 984. The van der Waals surface area contributed by atoms with Gasteiger partial charge in [-0.15, -0.1) is 0 Å². The standard InChI is InChI=1S/C21H18ClNO6/c1-3-27-18(24)12-28-19-15(22)9-13(11-17(19)26-2)10-16-21(25)29-20(23-16)14-7-5-4-6-8-14/h4-11H,3,12H2,1-2H3/b16-10-. The molecule has 2 aromatic carbocycles. The second-order valence-corrected chi connectivity index (χ2v) is 6.24. The number of rotatable bonds is 7. The average Bonchev–Trinajstić information content (AvgIpc) is 3.08. The molecule has 0 amide bonds. The van der Waals surface area contributed by atoms with E-state index in [1.165, 1.54) is 13.2 Å². The molecule has 1 aliphatic heterocycles. The summed E-state index contributed by atoms with van der Waals surface area (Å²) < 4.78 is 20.8. The van der Waals surface area contributed by atoms with Gasteiger partial charge < -0.3 is 18.9 Å². The zero-order chi connectivity index (χ0) is 20.8. The van der Waals surface area contributed by atoms with Crippen LogP contribution in [0.15, 0.2) is 53.2 Å². The molecule has 0 atom stereocenters. The van der Waals surface area contributed by atoms with E-state index in [0.29, 0.717) is 16.9 Å². The third kappa shape index (κ3) is 4.94. The molecule has 1 aliphatic rings. The summed E-state index contributed by atoms with van der Waals surface area (Å²) in [4.78, 5) is 27.9. The lowest BCUT2D eigenvalue weighted by molar-refractivity contribution is -0.145. The molecule has 0 fully saturated rings. The summed E-state index contributed by atoms with van der Waals surface area (Å²) >= 11 is 6.28. The highest BCUT2D eigenvalue weighted by atomic mass is 35.5. The van der Waals surface area contributed by atoms with Gasteiger partial charge in [-0.1, -0.05) is 29.8 Å². The van der Waals surface area contributed by atoms with E-state index in [1.54, 1.807) is 31.2 Å². The van der Waals surface area contributed by atoms with Gasteiger partial charge in [-0.25, -0.2) is 14.6 Å². The summed E-state index contributed by atoms with van der Waals surface area (Å²) in [6.07, 6.45) is 1.53. The van der Waals surface area contributed by atoms with E-state index >= 15 is 0 Å². The second kappa shape index (κ2) is 9.25. The van der Waals surface area contributed by atoms with Crippen LogP contribution in [0.5, 0.6) is 11.5 Å². The molecule has 0 saturated heterocycles. The van der Waals surface area contributed by atoms with Crippen molar-refractivity contribution in [2.45, 2.75) is 6.92 Å². The first-order valence-electron chi connectivity index (χ1n) is 8.75. The summed E-state index contributed by atoms with van der Waals surface area (Å²) in [6.45, 7) is 1.65. The molecule has 29 heavy (non-hydrogen) atoms. The number of cyclic esters (lactones) is 1. The number of benzene rings is 2. The molecular weight excluding hydrogens is 398 g/mol. The topological polar surface area (TPSA) is 83.4 Å². The fourth-order valence-electron chi connectivity index (χ4n) is 2.57. The first-order valence-corrected chi connectivity index (χ1v) is 9.13. The van der Waals surface area contributed by atoms with E-state index < -0.39 is 11.9 Å². The lowest BCUT2D eigenvalue weighted by Crippen LogP contribution is -2.15. The van der Waals surface area contributed by atoms with Gasteiger partial charge in [0.2, 0.25) is 5.90 Å². The Hall–Kier alpha value is -3.32. The number of nitrogens with zero attached hydrogens (tertiary/aromatic N) is 1. The van der Waals surface area contributed by atoms with Crippen LogP contribution in [0.1, 0.15) is 18.1 Å². The van der Waals surface area contributed by atoms with E-state index in [0.717, 1.165) is 0 Å². The minimum Gasteiger partial charge on any atom is -0.493 e. The number of halogens is 1. The predicted octanol–water partition coefficient (Wildman–Crippen LogP) is 3.64. The molecule has 0 aromatic heterocycles. The molecular formula is C21H18ClNO6. The van der Waals surface area contributed by atoms with Crippen LogP contribution in [0.4, 0.5) is 0 Å². The van der Waals surface area contributed by atoms with Gasteiger partial charge in [0, 0.05) is 5.56 Å². The quantitative estimate of drug-likeness (QED) is 0.507. The van der Waals surface area contributed by atoms with Crippen molar-refractivity contribution in [3.05, 3.63) is 64.3 Å². The molecule has 0 N–H and O–H groups in total. The van der Waals surface area contributed by atoms with Gasteiger partial charge in [-0.2, -0.15) is 0 Å². The van der Waals surface area contributed by atoms with E-state index in [4.69, 9.17) is 30.5 Å². The van der Waals surface area contributed by atoms with E-state index in [-0.39, 0.29) is 35.6 Å². The molecule has 0 bridgehead atoms. The molecule has 1 heterocycles. The Morgan fingerprint density at radius 1 is 1.24 bits per heavy atom. The average molecular weight is 416 g/mol. The number of hydrogen-bond donors (Lipinski definition) is 0. The minimum atomic E-state index is -0.568. The van der Waals surface area contributed by atoms with Crippen LogP contribution >= 0.6 is 11.6 Å². The maximum Gasteiger partial charge on any atom is 0.363 e. The molecule has 0 aliphatic carbocycles. The van der Waals surface area contributed by atoms with Gasteiger partial charge in [-0.3, -0.25) is 0 Å². The third-order valence-corrected chi connectivity index (χ3v) is 4.12. The molecule has 8 heteroatoms. The molecule has 7 nitrogen and oxygen atoms in total. The normalized spacial score (nSPS) is 14.4. The number of carbonyl (C=O) groups excluding carboxylic acids is 2. The zero-order valence-electron chi connectivity index (χ0n) is 15.8. The Morgan fingerprint density at radius 3 is 2.69 bits per heavy atom. The third-order valence-electron chi connectivity index (χ3n) is 3.84. The number of methoxy groups -OCH3 is 1. The number of carbonyl (C=O) groups is 2. The Kier molecular flexibility index (Phi) is 6.51. The lowest BCUT2D eigenvalue weighted by atomic mass is 10.1. The van der Waals surface area contributed by atoms with Crippen LogP contribution in [0.25, 0.3) is 6.08 Å². The monoisotopic (exact) mass is 415 g/mol. The van der Waals surface area contributed by atoms with Gasteiger partial charge >= 0.3 is 11.9 Å². The second-order valence-electron chi connectivity index (χ2n) is 5.83. The molecule has 150 valence electrons. The van der Waals surface area contributed by atoms with Crippen LogP contribution in [0.3, 0.4) is 0 Å². The van der Waals surface area contributed by atoms with Crippen molar-refractivity contribution in [2.24, 2.45) is 4.99 Å². The van der Waals surface area contributed by atoms with Crippen molar-refractivity contribution in [3.8, 4) is 11.5 Å². The highest BCUT2D eigenvalue weighted by molar-refractivity contribution is 6.32. The summed E-state index contributed by atoms with van der Waals surface area (Å²) in [6, 6.07) is 12.3. The van der Waals surface area contributed by atoms with Crippen molar-refractivity contribution in [1.29, 1.82) is 0 Å². The van der Waals surface area contributed by atoms with Crippen molar-refractivity contribution < 1.29 is 28.5 Å².